The van der Waals surface area contributed by atoms with E-state index in [-0.39, 0.29) is 6.03 Å². The molecule has 0 spiro atoms. The topological polar surface area (TPSA) is 41.1 Å². The zero-order valence-corrected chi connectivity index (χ0v) is 13.3. The summed E-state index contributed by atoms with van der Waals surface area (Å²) < 4.78 is 0. The highest BCUT2D eigenvalue weighted by Gasteiger charge is 2.11. The summed E-state index contributed by atoms with van der Waals surface area (Å²) in [5.41, 5.74) is 3.41. The van der Waals surface area contributed by atoms with Crippen LogP contribution < -0.4 is 10.6 Å². The summed E-state index contributed by atoms with van der Waals surface area (Å²) in [6.45, 7) is 4.01. The van der Waals surface area contributed by atoms with Gasteiger partial charge in [-0.15, -0.1) is 0 Å². The van der Waals surface area contributed by atoms with Crippen LogP contribution in [0.15, 0.2) is 36.4 Å². The summed E-state index contributed by atoms with van der Waals surface area (Å²) in [5, 5.41) is 6.32. The number of anilines is 2. The van der Waals surface area contributed by atoms with Crippen LogP contribution in [0.4, 0.5) is 16.2 Å². The van der Waals surface area contributed by atoms with E-state index in [1.54, 1.807) is 18.2 Å². The van der Waals surface area contributed by atoms with Gasteiger partial charge in [-0.1, -0.05) is 54.4 Å². The number of rotatable bonds is 3. The molecule has 21 heavy (non-hydrogen) atoms. The van der Waals surface area contributed by atoms with Gasteiger partial charge >= 0.3 is 6.03 Å². The second-order valence-corrected chi connectivity index (χ2v) is 5.43. The minimum Gasteiger partial charge on any atom is -0.307 e. The van der Waals surface area contributed by atoms with Crippen LogP contribution in [0, 0.1) is 6.92 Å². The summed E-state index contributed by atoms with van der Waals surface area (Å²) in [6.07, 6.45) is 0.842. The molecule has 0 heterocycles. The molecule has 0 atom stereocenters. The number of amides is 2. The molecule has 0 aromatic heterocycles. The molecule has 2 rings (SSSR count). The number of halogens is 2. The smallest absolute Gasteiger partial charge is 0.307 e. The molecule has 2 aromatic rings. The molecule has 0 bridgehead atoms. The molecule has 0 radical (unpaired) electrons. The molecule has 0 saturated carbocycles. The Labute approximate surface area is 134 Å². The van der Waals surface area contributed by atoms with E-state index in [2.05, 4.69) is 10.6 Å². The minimum absolute atomic E-state index is 0.329. The highest BCUT2D eigenvalue weighted by atomic mass is 35.5. The lowest BCUT2D eigenvalue weighted by atomic mass is 10.1. The number of para-hydroxylation sites is 1. The number of urea groups is 1. The molecule has 3 nitrogen and oxygen atoms in total. The number of aryl methyl sites for hydroxylation is 2. The Morgan fingerprint density at radius 1 is 1.10 bits per heavy atom. The molecular formula is C16H16Cl2N2O. The first kappa shape index (κ1) is 15.7. The molecule has 5 heteroatoms. The molecule has 2 aromatic carbocycles. The largest absolute Gasteiger partial charge is 0.323 e. The predicted octanol–water partition coefficient (Wildman–Crippen LogP) is 5.51. The number of benzene rings is 2. The molecule has 0 aliphatic heterocycles. The Kier molecular flexibility index (Phi) is 5.10. The Hall–Kier alpha value is -1.71. The van der Waals surface area contributed by atoms with E-state index in [1.165, 1.54) is 0 Å². The lowest BCUT2D eigenvalue weighted by Crippen LogP contribution is -2.21. The zero-order valence-electron chi connectivity index (χ0n) is 11.8. The molecule has 2 amide bonds. The van der Waals surface area contributed by atoms with Crippen LogP contribution in [0.1, 0.15) is 18.1 Å². The van der Waals surface area contributed by atoms with E-state index in [9.17, 15) is 4.79 Å². The van der Waals surface area contributed by atoms with Gasteiger partial charge in [-0.3, -0.25) is 0 Å². The molecule has 0 aliphatic rings. The van der Waals surface area contributed by atoms with Gasteiger partial charge in [0.25, 0.3) is 0 Å². The Morgan fingerprint density at radius 2 is 1.81 bits per heavy atom. The van der Waals surface area contributed by atoms with E-state index in [1.807, 2.05) is 32.0 Å². The van der Waals surface area contributed by atoms with Gasteiger partial charge in [-0.2, -0.15) is 0 Å². The maximum absolute atomic E-state index is 12.1. The monoisotopic (exact) mass is 322 g/mol. The molecule has 0 fully saturated rings. The highest BCUT2D eigenvalue weighted by molar-refractivity contribution is 6.44. The fraction of sp³-hybridized carbons (Fsp3) is 0.188. The van der Waals surface area contributed by atoms with Crippen LogP contribution in [0.5, 0.6) is 0 Å². The van der Waals surface area contributed by atoms with E-state index in [4.69, 9.17) is 23.2 Å². The van der Waals surface area contributed by atoms with E-state index < -0.39 is 0 Å². The Balaban J connectivity index is 2.18. The van der Waals surface area contributed by atoms with Crippen molar-refractivity contribution in [2.45, 2.75) is 20.3 Å². The number of carbonyl (C=O) groups excluding carboxylic acids is 1. The zero-order chi connectivity index (χ0) is 15.4. The van der Waals surface area contributed by atoms with Gasteiger partial charge in [0.05, 0.1) is 15.7 Å². The van der Waals surface area contributed by atoms with Gasteiger partial charge in [0, 0.05) is 5.69 Å². The summed E-state index contributed by atoms with van der Waals surface area (Å²) >= 11 is 12.0. The summed E-state index contributed by atoms with van der Waals surface area (Å²) in [7, 11) is 0. The maximum Gasteiger partial charge on any atom is 0.323 e. The number of carbonyl (C=O) groups is 1. The Morgan fingerprint density at radius 3 is 2.52 bits per heavy atom. The van der Waals surface area contributed by atoms with Gasteiger partial charge in [-0.25, -0.2) is 4.79 Å². The fourth-order valence-electron chi connectivity index (χ4n) is 2.07. The third-order valence-electron chi connectivity index (χ3n) is 3.18. The number of hydrogen-bond donors (Lipinski definition) is 2. The summed E-state index contributed by atoms with van der Waals surface area (Å²) in [5.74, 6) is 0. The third-order valence-corrected chi connectivity index (χ3v) is 4.00. The van der Waals surface area contributed by atoms with Crippen molar-refractivity contribution in [2.24, 2.45) is 0 Å². The normalized spacial score (nSPS) is 10.3. The van der Waals surface area contributed by atoms with E-state index in [0.29, 0.717) is 15.7 Å². The van der Waals surface area contributed by atoms with Gasteiger partial charge < -0.3 is 10.6 Å². The van der Waals surface area contributed by atoms with Crippen molar-refractivity contribution in [1.29, 1.82) is 0 Å². The first-order valence-corrected chi connectivity index (χ1v) is 7.39. The quantitative estimate of drug-likeness (QED) is 0.768. The lowest BCUT2D eigenvalue weighted by Gasteiger charge is -2.14. The van der Waals surface area contributed by atoms with Crippen molar-refractivity contribution in [3.8, 4) is 0 Å². The second-order valence-electron chi connectivity index (χ2n) is 4.64. The van der Waals surface area contributed by atoms with Crippen LogP contribution in [0.25, 0.3) is 0 Å². The highest BCUT2D eigenvalue weighted by Crippen LogP contribution is 2.30. The molecular weight excluding hydrogens is 307 g/mol. The molecule has 2 N–H and O–H groups in total. The molecule has 110 valence electrons. The minimum atomic E-state index is -0.344. The average Bonchev–Trinajstić information content (AvgIpc) is 2.46. The molecule has 0 unspecified atom stereocenters. The van der Waals surface area contributed by atoms with Crippen LogP contribution in [-0.4, -0.2) is 6.03 Å². The second kappa shape index (κ2) is 6.83. The standard InChI is InChI=1S/C16H16Cl2N2O/c1-3-11-7-4-6-10(2)15(11)20-16(21)19-13-9-5-8-12(17)14(13)18/h4-9H,3H2,1-2H3,(H2,19,20,21). The van der Waals surface area contributed by atoms with Crippen molar-refractivity contribution < 1.29 is 4.79 Å². The molecule has 0 aliphatic carbocycles. The van der Waals surface area contributed by atoms with Crippen LogP contribution in [-0.2, 0) is 6.42 Å². The first-order chi connectivity index (χ1) is 10.0. The van der Waals surface area contributed by atoms with E-state index in [0.717, 1.165) is 23.2 Å². The van der Waals surface area contributed by atoms with Gasteiger partial charge in [0.15, 0.2) is 0 Å². The third kappa shape index (κ3) is 3.69. The first-order valence-electron chi connectivity index (χ1n) is 6.63. The van der Waals surface area contributed by atoms with Gasteiger partial charge in [0.1, 0.15) is 0 Å². The van der Waals surface area contributed by atoms with Gasteiger partial charge in [-0.05, 0) is 36.6 Å². The summed E-state index contributed by atoms with van der Waals surface area (Å²) in [4.78, 5) is 12.1. The average molecular weight is 323 g/mol. The number of nitrogens with one attached hydrogen (secondary N) is 2. The van der Waals surface area contributed by atoms with Crippen molar-refractivity contribution in [3.63, 3.8) is 0 Å². The van der Waals surface area contributed by atoms with Crippen LogP contribution in [0.3, 0.4) is 0 Å². The lowest BCUT2D eigenvalue weighted by molar-refractivity contribution is 0.262. The SMILES string of the molecule is CCc1cccc(C)c1NC(=O)Nc1cccc(Cl)c1Cl. The fourth-order valence-corrected chi connectivity index (χ4v) is 2.42. The van der Waals surface area contributed by atoms with Crippen molar-refractivity contribution in [3.05, 3.63) is 57.6 Å². The van der Waals surface area contributed by atoms with Crippen molar-refractivity contribution in [1.82, 2.24) is 0 Å². The predicted molar refractivity (Wildman–Crippen MR) is 89.7 cm³/mol. The number of hydrogen-bond acceptors (Lipinski definition) is 1. The molecule has 0 saturated heterocycles. The van der Waals surface area contributed by atoms with Crippen molar-refractivity contribution in [2.75, 3.05) is 10.6 Å². The Bertz CT molecular complexity index is 671. The van der Waals surface area contributed by atoms with Crippen LogP contribution >= 0.6 is 23.2 Å². The maximum atomic E-state index is 12.1. The summed E-state index contributed by atoms with van der Waals surface area (Å²) in [6, 6.07) is 10.7. The van der Waals surface area contributed by atoms with Crippen LogP contribution in [0.2, 0.25) is 10.0 Å². The van der Waals surface area contributed by atoms with Crippen molar-refractivity contribution >= 4 is 40.6 Å². The van der Waals surface area contributed by atoms with E-state index >= 15 is 0 Å². The van der Waals surface area contributed by atoms with Gasteiger partial charge in [0.2, 0.25) is 0 Å².